The first-order valence-corrected chi connectivity index (χ1v) is 9.41. The van der Waals surface area contributed by atoms with E-state index in [0.717, 1.165) is 49.2 Å². The van der Waals surface area contributed by atoms with Gasteiger partial charge in [0.15, 0.2) is 5.96 Å². The number of ether oxygens (including phenoxy) is 2. The summed E-state index contributed by atoms with van der Waals surface area (Å²) in [6.07, 6.45) is 2.99. The van der Waals surface area contributed by atoms with Gasteiger partial charge in [0.2, 0.25) is 0 Å². The lowest BCUT2D eigenvalue weighted by molar-refractivity contribution is 0.0536. The van der Waals surface area contributed by atoms with Crippen LogP contribution in [-0.2, 0) is 16.0 Å². The van der Waals surface area contributed by atoms with Crippen molar-refractivity contribution in [3.05, 3.63) is 42.4 Å². The number of benzene rings is 1. The fourth-order valence-corrected chi connectivity index (χ4v) is 3.27. The average molecular weight is 371 g/mol. The minimum absolute atomic E-state index is 0.536. The molecule has 146 valence electrons. The number of aromatic nitrogens is 2. The molecule has 3 rings (SSSR count). The number of nitrogens with zero attached hydrogens (tertiary/aromatic N) is 3. The molecule has 7 heteroatoms. The van der Waals surface area contributed by atoms with E-state index in [0.29, 0.717) is 25.7 Å². The van der Waals surface area contributed by atoms with Crippen LogP contribution in [0.5, 0.6) is 0 Å². The van der Waals surface area contributed by atoms with Crippen molar-refractivity contribution in [1.82, 2.24) is 20.2 Å². The zero-order valence-electron chi connectivity index (χ0n) is 16.1. The van der Waals surface area contributed by atoms with Gasteiger partial charge in [0.1, 0.15) is 5.82 Å². The van der Waals surface area contributed by atoms with Crippen molar-refractivity contribution in [3.8, 4) is 11.3 Å². The first-order chi connectivity index (χ1) is 13.3. The molecule has 1 aliphatic rings. The van der Waals surface area contributed by atoms with Gasteiger partial charge in [-0.05, 0) is 12.0 Å². The molecule has 0 bridgehead atoms. The zero-order valence-corrected chi connectivity index (χ0v) is 16.1. The number of nitrogens with one attached hydrogen (secondary N) is 2. The van der Waals surface area contributed by atoms with E-state index < -0.39 is 0 Å². The summed E-state index contributed by atoms with van der Waals surface area (Å²) in [4.78, 5) is 14.6. The molecular formula is C20H29N5O2. The minimum Gasteiger partial charge on any atom is -0.382 e. The largest absolute Gasteiger partial charge is 0.382 e. The number of methoxy groups -OCH3 is 1. The van der Waals surface area contributed by atoms with Crippen LogP contribution >= 0.6 is 0 Å². The molecule has 2 aromatic rings. The Bertz CT molecular complexity index is 716. The summed E-state index contributed by atoms with van der Waals surface area (Å²) in [5.41, 5.74) is 2.16. The first kappa shape index (κ1) is 19.4. The van der Waals surface area contributed by atoms with Crippen LogP contribution in [0.3, 0.4) is 0 Å². The molecule has 2 N–H and O–H groups in total. The Morgan fingerprint density at radius 2 is 2.19 bits per heavy atom. The van der Waals surface area contributed by atoms with E-state index in [1.807, 2.05) is 31.4 Å². The molecular weight excluding hydrogens is 342 g/mol. The molecule has 1 aromatic carbocycles. The van der Waals surface area contributed by atoms with Crippen molar-refractivity contribution in [1.29, 1.82) is 0 Å². The lowest BCUT2D eigenvalue weighted by Gasteiger charge is -2.21. The van der Waals surface area contributed by atoms with E-state index in [9.17, 15) is 0 Å². The predicted octanol–water partition coefficient (Wildman–Crippen LogP) is 2.14. The fourth-order valence-electron chi connectivity index (χ4n) is 3.27. The van der Waals surface area contributed by atoms with Crippen molar-refractivity contribution in [3.63, 3.8) is 0 Å². The van der Waals surface area contributed by atoms with Gasteiger partial charge in [-0.25, -0.2) is 4.98 Å². The van der Waals surface area contributed by atoms with Gasteiger partial charge in [-0.3, -0.25) is 4.99 Å². The Morgan fingerprint density at radius 3 is 2.96 bits per heavy atom. The van der Waals surface area contributed by atoms with Gasteiger partial charge in [-0.1, -0.05) is 30.3 Å². The average Bonchev–Trinajstić information content (AvgIpc) is 3.37. The van der Waals surface area contributed by atoms with E-state index in [1.54, 1.807) is 7.11 Å². The summed E-state index contributed by atoms with van der Waals surface area (Å²) in [5, 5.41) is 3.41. The highest BCUT2D eigenvalue weighted by atomic mass is 16.5. The predicted molar refractivity (Wildman–Crippen MR) is 107 cm³/mol. The number of likely N-dealkylation sites (tertiary alicyclic amines) is 1. The van der Waals surface area contributed by atoms with E-state index in [2.05, 4.69) is 37.3 Å². The molecule has 0 amide bonds. The number of aliphatic imine (C=N–C) groups is 1. The van der Waals surface area contributed by atoms with Crippen LogP contribution < -0.4 is 5.32 Å². The summed E-state index contributed by atoms with van der Waals surface area (Å²) in [6.45, 7) is 4.64. The number of H-pyrrole nitrogens is 1. The van der Waals surface area contributed by atoms with Gasteiger partial charge in [-0.2, -0.15) is 0 Å². The van der Waals surface area contributed by atoms with E-state index >= 15 is 0 Å². The van der Waals surface area contributed by atoms with Gasteiger partial charge in [0.05, 0.1) is 38.3 Å². The molecule has 0 saturated carbocycles. The van der Waals surface area contributed by atoms with Crippen LogP contribution in [0.1, 0.15) is 12.2 Å². The molecule has 0 radical (unpaired) electrons. The van der Waals surface area contributed by atoms with Gasteiger partial charge in [0, 0.05) is 33.2 Å². The highest BCUT2D eigenvalue weighted by Gasteiger charge is 2.25. The second kappa shape index (κ2) is 10.1. The smallest absolute Gasteiger partial charge is 0.194 e. The first-order valence-electron chi connectivity index (χ1n) is 9.41. The second-order valence-corrected chi connectivity index (χ2v) is 6.68. The molecule has 1 atom stereocenters. The number of imidazole rings is 1. The maximum Gasteiger partial charge on any atom is 0.194 e. The van der Waals surface area contributed by atoms with E-state index in [4.69, 9.17) is 9.47 Å². The monoisotopic (exact) mass is 371 g/mol. The zero-order chi connectivity index (χ0) is 18.9. The van der Waals surface area contributed by atoms with Crippen LogP contribution in [-0.4, -0.2) is 67.9 Å². The Morgan fingerprint density at radius 1 is 1.33 bits per heavy atom. The van der Waals surface area contributed by atoms with Crippen LogP contribution in [0, 0.1) is 5.92 Å². The van der Waals surface area contributed by atoms with Gasteiger partial charge in [-0.15, -0.1) is 0 Å². The van der Waals surface area contributed by atoms with Crippen LogP contribution in [0.25, 0.3) is 11.3 Å². The third kappa shape index (κ3) is 5.55. The number of guanidine groups is 1. The maximum atomic E-state index is 5.67. The SMILES string of the molecule is CN=C(NCc1ncc(-c2ccccc2)[nH]1)N1CCC(COCCOC)C1. The summed E-state index contributed by atoms with van der Waals surface area (Å²) in [5.74, 6) is 2.34. The highest BCUT2D eigenvalue weighted by molar-refractivity contribution is 5.80. The summed E-state index contributed by atoms with van der Waals surface area (Å²) >= 11 is 0. The minimum atomic E-state index is 0.536. The molecule has 27 heavy (non-hydrogen) atoms. The lowest BCUT2D eigenvalue weighted by atomic mass is 10.1. The Kier molecular flexibility index (Phi) is 7.24. The molecule has 0 spiro atoms. The van der Waals surface area contributed by atoms with Crippen molar-refractivity contribution in [2.75, 3.05) is 47.1 Å². The fraction of sp³-hybridized carbons (Fsp3) is 0.500. The summed E-state index contributed by atoms with van der Waals surface area (Å²) in [6, 6.07) is 10.2. The van der Waals surface area contributed by atoms with E-state index in [1.165, 1.54) is 0 Å². The quantitative estimate of drug-likeness (QED) is 0.422. The molecule has 1 fully saturated rings. The number of aromatic amines is 1. The molecule has 1 unspecified atom stereocenters. The van der Waals surface area contributed by atoms with Crippen molar-refractivity contribution >= 4 is 5.96 Å². The lowest BCUT2D eigenvalue weighted by Crippen LogP contribution is -2.40. The topological polar surface area (TPSA) is 74.8 Å². The number of hydrogen-bond donors (Lipinski definition) is 2. The second-order valence-electron chi connectivity index (χ2n) is 6.68. The normalized spacial score (nSPS) is 17.5. The molecule has 1 aliphatic heterocycles. The van der Waals surface area contributed by atoms with Crippen molar-refractivity contribution in [2.24, 2.45) is 10.9 Å². The Labute approximate surface area is 160 Å². The van der Waals surface area contributed by atoms with Crippen LogP contribution in [0.4, 0.5) is 0 Å². The number of rotatable bonds is 8. The molecule has 2 heterocycles. The maximum absolute atomic E-state index is 5.67. The summed E-state index contributed by atoms with van der Waals surface area (Å²) in [7, 11) is 3.51. The van der Waals surface area contributed by atoms with Crippen molar-refractivity contribution in [2.45, 2.75) is 13.0 Å². The van der Waals surface area contributed by atoms with Gasteiger partial charge < -0.3 is 24.7 Å². The molecule has 1 saturated heterocycles. The van der Waals surface area contributed by atoms with Gasteiger partial charge >= 0.3 is 0 Å². The third-order valence-electron chi connectivity index (χ3n) is 4.71. The van der Waals surface area contributed by atoms with Crippen LogP contribution in [0.2, 0.25) is 0 Å². The van der Waals surface area contributed by atoms with Gasteiger partial charge in [0.25, 0.3) is 0 Å². The Hall–Kier alpha value is -2.38. The standard InChI is InChI=1S/C20H29N5O2/c1-21-20(25-9-8-16(14-25)15-27-11-10-26-2)23-13-19-22-12-18(24-19)17-6-4-3-5-7-17/h3-7,12,16H,8-11,13-15H2,1-2H3,(H,21,23)(H,22,24). The van der Waals surface area contributed by atoms with E-state index in [-0.39, 0.29) is 0 Å². The Balaban J connectivity index is 1.47. The molecule has 1 aromatic heterocycles. The number of hydrogen-bond acceptors (Lipinski definition) is 4. The van der Waals surface area contributed by atoms with Crippen LogP contribution in [0.15, 0.2) is 41.5 Å². The van der Waals surface area contributed by atoms with Crippen molar-refractivity contribution < 1.29 is 9.47 Å². The molecule has 0 aliphatic carbocycles. The highest BCUT2D eigenvalue weighted by Crippen LogP contribution is 2.18. The molecule has 7 nitrogen and oxygen atoms in total. The summed E-state index contributed by atoms with van der Waals surface area (Å²) < 4.78 is 10.7. The third-order valence-corrected chi connectivity index (χ3v) is 4.71.